The van der Waals surface area contributed by atoms with Crippen LogP contribution >= 0.6 is 11.8 Å². The molecule has 3 aliphatic rings. The van der Waals surface area contributed by atoms with Crippen LogP contribution in [0.4, 0.5) is 11.5 Å². The molecule has 7 heteroatoms. The fourth-order valence-corrected chi connectivity index (χ4v) is 4.78. The Bertz CT molecular complexity index is 1300. The van der Waals surface area contributed by atoms with Crippen molar-refractivity contribution in [2.24, 2.45) is 10.9 Å². The number of benzene rings is 2. The molecule has 0 radical (unpaired) electrons. The number of aromatic nitrogens is 2. The van der Waals surface area contributed by atoms with E-state index in [0.29, 0.717) is 11.2 Å². The van der Waals surface area contributed by atoms with Crippen molar-refractivity contribution in [2.45, 2.75) is 31.1 Å². The van der Waals surface area contributed by atoms with Gasteiger partial charge in [0.2, 0.25) is 0 Å². The van der Waals surface area contributed by atoms with Gasteiger partial charge in [0.1, 0.15) is 29.4 Å². The zero-order valence-electron chi connectivity index (χ0n) is 18.3. The van der Waals surface area contributed by atoms with Crippen molar-refractivity contribution < 1.29 is 9.47 Å². The third-order valence-electron chi connectivity index (χ3n) is 6.03. The minimum Gasteiger partial charge on any atom is -0.493 e. The second-order valence-electron chi connectivity index (χ2n) is 8.64. The van der Waals surface area contributed by atoms with Gasteiger partial charge in [0.25, 0.3) is 0 Å². The monoisotopic (exact) mass is 456 g/mol. The summed E-state index contributed by atoms with van der Waals surface area (Å²) in [5.41, 5.74) is 4.77. The maximum atomic E-state index is 6.16. The van der Waals surface area contributed by atoms with Crippen molar-refractivity contribution in [1.29, 1.82) is 0 Å². The first-order chi connectivity index (χ1) is 16.2. The lowest BCUT2D eigenvalue weighted by molar-refractivity contribution is 0.300. The summed E-state index contributed by atoms with van der Waals surface area (Å²) in [6, 6.07) is 12.2. The number of aliphatic imine (C=N–C) groups is 1. The predicted molar refractivity (Wildman–Crippen MR) is 134 cm³/mol. The summed E-state index contributed by atoms with van der Waals surface area (Å²) in [4.78, 5) is 13.4. The molecule has 33 heavy (non-hydrogen) atoms. The molecule has 1 fully saturated rings. The lowest BCUT2D eigenvalue weighted by atomic mass is 10.1. The summed E-state index contributed by atoms with van der Waals surface area (Å²) < 4.78 is 12.1. The highest BCUT2D eigenvalue weighted by atomic mass is 32.2. The first-order valence-corrected chi connectivity index (χ1v) is 12.2. The Morgan fingerprint density at radius 3 is 2.94 bits per heavy atom. The van der Waals surface area contributed by atoms with E-state index in [0.717, 1.165) is 51.8 Å². The van der Waals surface area contributed by atoms with Gasteiger partial charge in [-0.15, -0.1) is 11.8 Å². The maximum absolute atomic E-state index is 6.16. The van der Waals surface area contributed by atoms with Gasteiger partial charge in [-0.2, -0.15) is 0 Å². The summed E-state index contributed by atoms with van der Waals surface area (Å²) in [6.07, 6.45) is 10.4. The number of hydrogen-bond donors (Lipinski definition) is 1. The summed E-state index contributed by atoms with van der Waals surface area (Å²) in [5, 5.41) is 4.77. The fourth-order valence-electron chi connectivity index (χ4n) is 3.95. The van der Waals surface area contributed by atoms with Crippen LogP contribution in [0, 0.1) is 12.8 Å². The third kappa shape index (κ3) is 4.46. The van der Waals surface area contributed by atoms with Crippen LogP contribution in [0.1, 0.15) is 18.4 Å². The molecule has 1 N–H and O–H groups in total. The number of allylic oxidation sites excluding steroid dienone is 1. The topological polar surface area (TPSA) is 68.6 Å². The van der Waals surface area contributed by atoms with Gasteiger partial charge in [0, 0.05) is 11.1 Å². The molecule has 2 aromatic carbocycles. The zero-order valence-corrected chi connectivity index (χ0v) is 19.1. The molecule has 6 nitrogen and oxygen atoms in total. The first kappa shape index (κ1) is 20.3. The number of aryl methyl sites for hydroxylation is 1. The van der Waals surface area contributed by atoms with Crippen LogP contribution in [0.25, 0.3) is 10.9 Å². The number of rotatable bonds is 7. The fraction of sp³-hybridized carbons (Fsp3) is 0.269. The Morgan fingerprint density at radius 2 is 2.06 bits per heavy atom. The molecular weight excluding hydrogens is 432 g/mol. The van der Waals surface area contributed by atoms with Crippen LogP contribution in [0.3, 0.4) is 0 Å². The van der Waals surface area contributed by atoms with Gasteiger partial charge in [-0.1, -0.05) is 6.08 Å². The van der Waals surface area contributed by atoms with Crippen molar-refractivity contribution in [3.8, 4) is 11.5 Å². The standard InChI is InChI=1S/C26H24N4O2S/c1-16-10-18(4-8-24(16)32-20-6-9-25-23(12-20)29-15-33-25)30-26-21-11-19(31-13-17-2-3-17)5-7-22(21)27-14-28-26/h4-12,14-15,17,23,25H,2-3,13H2,1H3,(H,27,28,30). The number of nitrogens with one attached hydrogen (secondary N) is 1. The number of nitrogens with zero attached hydrogens (tertiary/aromatic N) is 3. The second kappa shape index (κ2) is 8.56. The van der Waals surface area contributed by atoms with Crippen LogP contribution in [-0.2, 0) is 0 Å². The number of fused-ring (bicyclic) bond motifs is 2. The Labute approximate surface area is 196 Å². The minimum absolute atomic E-state index is 0.167. The highest BCUT2D eigenvalue weighted by molar-refractivity contribution is 8.13. The van der Waals surface area contributed by atoms with Gasteiger partial charge in [-0.25, -0.2) is 9.97 Å². The normalized spacial score (nSPS) is 21.1. The molecule has 0 bridgehead atoms. The first-order valence-electron chi connectivity index (χ1n) is 11.2. The SMILES string of the molecule is Cc1cc(Nc2ncnc3ccc(OCC4CC4)cc23)ccc1OC1=CC2N=CSC2C=C1. The van der Waals surface area contributed by atoms with Gasteiger partial charge in [0.05, 0.1) is 29.0 Å². The summed E-state index contributed by atoms with van der Waals surface area (Å²) in [7, 11) is 0. The molecule has 2 unspecified atom stereocenters. The Morgan fingerprint density at radius 1 is 1.12 bits per heavy atom. The van der Waals surface area contributed by atoms with Crippen LogP contribution in [0.5, 0.6) is 11.5 Å². The largest absolute Gasteiger partial charge is 0.493 e. The summed E-state index contributed by atoms with van der Waals surface area (Å²) in [5.74, 6) is 3.98. The van der Waals surface area contributed by atoms with E-state index in [2.05, 4.69) is 38.5 Å². The Balaban J connectivity index is 1.20. The van der Waals surface area contributed by atoms with E-state index < -0.39 is 0 Å². The Kier molecular flexibility index (Phi) is 5.26. The van der Waals surface area contributed by atoms with Gasteiger partial charge in [0.15, 0.2) is 0 Å². The van der Waals surface area contributed by atoms with Crippen molar-refractivity contribution in [1.82, 2.24) is 9.97 Å². The molecule has 0 spiro atoms. The molecule has 2 aliphatic carbocycles. The van der Waals surface area contributed by atoms with Crippen LogP contribution in [-0.4, -0.2) is 33.4 Å². The predicted octanol–water partition coefficient (Wildman–Crippen LogP) is 5.82. The van der Waals surface area contributed by atoms with Gasteiger partial charge < -0.3 is 14.8 Å². The van der Waals surface area contributed by atoms with E-state index in [4.69, 9.17) is 9.47 Å². The van der Waals surface area contributed by atoms with Crippen molar-refractivity contribution in [3.05, 3.63) is 72.3 Å². The van der Waals surface area contributed by atoms with Crippen molar-refractivity contribution in [3.63, 3.8) is 0 Å². The van der Waals surface area contributed by atoms with Gasteiger partial charge in [-0.05, 0) is 79.8 Å². The average molecular weight is 457 g/mol. The molecule has 1 aromatic heterocycles. The molecule has 6 rings (SSSR count). The molecule has 1 saturated carbocycles. The third-order valence-corrected chi connectivity index (χ3v) is 7.02. The van der Waals surface area contributed by atoms with Crippen LogP contribution in [0.15, 0.2) is 71.7 Å². The van der Waals surface area contributed by atoms with E-state index in [1.54, 1.807) is 18.1 Å². The van der Waals surface area contributed by atoms with Gasteiger partial charge >= 0.3 is 0 Å². The molecule has 0 saturated heterocycles. The number of thioether (sulfide) groups is 1. The molecule has 2 heterocycles. The lowest BCUT2D eigenvalue weighted by Crippen LogP contribution is -2.17. The van der Waals surface area contributed by atoms with E-state index >= 15 is 0 Å². The van der Waals surface area contributed by atoms with Crippen LogP contribution in [0.2, 0.25) is 0 Å². The minimum atomic E-state index is 0.167. The van der Waals surface area contributed by atoms with Crippen molar-refractivity contribution in [2.75, 3.05) is 11.9 Å². The van der Waals surface area contributed by atoms with E-state index in [1.807, 2.05) is 48.9 Å². The summed E-state index contributed by atoms with van der Waals surface area (Å²) >= 11 is 1.74. The van der Waals surface area contributed by atoms with Gasteiger partial charge in [-0.3, -0.25) is 4.99 Å². The van der Waals surface area contributed by atoms with E-state index in [9.17, 15) is 0 Å². The zero-order chi connectivity index (χ0) is 22.2. The molecule has 166 valence electrons. The molecular formula is C26H24N4O2S. The highest BCUT2D eigenvalue weighted by Crippen LogP contribution is 2.33. The number of anilines is 2. The molecule has 1 aliphatic heterocycles. The molecule has 2 atom stereocenters. The lowest BCUT2D eigenvalue weighted by Gasteiger charge is -2.18. The second-order valence-corrected chi connectivity index (χ2v) is 9.66. The molecule has 0 amide bonds. The van der Waals surface area contributed by atoms with Crippen molar-refractivity contribution >= 4 is 39.7 Å². The Hall–Kier alpha value is -3.32. The molecule has 3 aromatic rings. The average Bonchev–Trinajstić information content (AvgIpc) is 3.55. The maximum Gasteiger partial charge on any atom is 0.141 e. The highest BCUT2D eigenvalue weighted by Gasteiger charge is 2.25. The van der Waals surface area contributed by atoms with Crippen LogP contribution < -0.4 is 14.8 Å². The quantitative estimate of drug-likeness (QED) is 0.483. The van der Waals surface area contributed by atoms with E-state index in [1.165, 1.54) is 12.8 Å². The smallest absolute Gasteiger partial charge is 0.141 e. The number of hydrogen-bond acceptors (Lipinski definition) is 7. The van der Waals surface area contributed by atoms with E-state index in [-0.39, 0.29) is 6.04 Å². The number of ether oxygens (including phenoxy) is 2. The summed E-state index contributed by atoms with van der Waals surface area (Å²) in [6.45, 7) is 2.82.